The van der Waals surface area contributed by atoms with Gasteiger partial charge in [0.05, 0.1) is 13.2 Å². The normalized spacial score (nSPS) is 12.3. The average molecular weight is 434 g/mol. The molecule has 0 aliphatic rings. The van der Waals surface area contributed by atoms with Crippen molar-refractivity contribution < 1.29 is 18.8 Å². The number of hydrogen-bond donors (Lipinski definition) is 2. The Morgan fingerprint density at radius 2 is 1.39 bits per heavy atom. The van der Waals surface area contributed by atoms with Gasteiger partial charge in [0.15, 0.2) is 5.45 Å². The summed E-state index contributed by atoms with van der Waals surface area (Å²) in [6, 6.07) is 26.5. The first-order chi connectivity index (χ1) is 15.2. The number of aromatic amines is 1. The van der Waals surface area contributed by atoms with E-state index in [1.54, 1.807) is 0 Å². The van der Waals surface area contributed by atoms with E-state index in [9.17, 15) is 9.77 Å². The zero-order valence-electron chi connectivity index (χ0n) is 16.8. The molecular formula is C24H23N2O4P. The second kappa shape index (κ2) is 9.75. The maximum Gasteiger partial charge on any atom is 0.379 e. The van der Waals surface area contributed by atoms with Crippen LogP contribution in [0.1, 0.15) is 16.7 Å². The second-order valence-corrected chi connectivity index (χ2v) is 9.10. The number of aromatic nitrogens is 1. The number of H-pyrrole nitrogens is 1. The Kier molecular flexibility index (Phi) is 6.63. The fourth-order valence-corrected chi connectivity index (χ4v) is 4.77. The predicted octanol–water partition coefficient (Wildman–Crippen LogP) is 6.12. The summed E-state index contributed by atoms with van der Waals surface area (Å²) in [7, 11) is -3.89. The molecule has 7 heteroatoms. The predicted molar refractivity (Wildman–Crippen MR) is 121 cm³/mol. The van der Waals surface area contributed by atoms with Gasteiger partial charge in [0, 0.05) is 23.5 Å². The molecule has 0 radical (unpaired) electrons. The lowest BCUT2D eigenvalue weighted by Crippen LogP contribution is -2.11. The number of oxime groups is 1. The molecule has 6 nitrogen and oxygen atoms in total. The maximum atomic E-state index is 13.8. The Morgan fingerprint density at radius 3 is 1.97 bits per heavy atom. The van der Waals surface area contributed by atoms with E-state index >= 15 is 0 Å². The summed E-state index contributed by atoms with van der Waals surface area (Å²) in [6.45, 7) is 0.139. The topological polar surface area (TPSA) is 83.9 Å². The molecule has 158 valence electrons. The summed E-state index contributed by atoms with van der Waals surface area (Å²) in [5, 5.41) is 14.1. The smallest absolute Gasteiger partial charge is 0.379 e. The molecule has 0 unspecified atom stereocenters. The Bertz CT molecular complexity index is 1160. The Balaban J connectivity index is 1.59. The minimum atomic E-state index is -3.89. The molecular weight excluding hydrogens is 411 g/mol. The molecule has 0 saturated carbocycles. The van der Waals surface area contributed by atoms with E-state index in [0.717, 1.165) is 27.6 Å². The third kappa shape index (κ3) is 5.12. The van der Waals surface area contributed by atoms with Crippen LogP contribution in [0, 0.1) is 0 Å². The summed E-state index contributed by atoms with van der Waals surface area (Å²) in [5.41, 5.74) is 3.44. The van der Waals surface area contributed by atoms with Crippen molar-refractivity contribution in [3.63, 3.8) is 0 Å². The molecule has 0 amide bonds. The molecule has 3 aromatic carbocycles. The van der Waals surface area contributed by atoms with Gasteiger partial charge in [-0.15, -0.1) is 0 Å². The van der Waals surface area contributed by atoms with Crippen LogP contribution in [0.3, 0.4) is 0 Å². The molecule has 0 aliphatic heterocycles. The highest BCUT2D eigenvalue weighted by Gasteiger charge is 2.34. The lowest BCUT2D eigenvalue weighted by Gasteiger charge is -2.19. The summed E-state index contributed by atoms with van der Waals surface area (Å²) in [4.78, 5) is 3.18. The van der Waals surface area contributed by atoms with Gasteiger partial charge in [0.25, 0.3) is 0 Å². The number of benzene rings is 3. The van der Waals surface area contributed by atoms with Gasteiger partial charge in [-0.3, -0.25) is 13.6 Å². The van der Waals surface area contributed by atoms with Gasteiger partial charge in [0.2, 0.25) is 0 Å². The van der Waals surface area contributed by atoms with Crippen molar-refractivity contribution >= 4 is 24.0 Å². The Morgan fingerprint density at radius 1 is 0.839 bits per heavy atom. The molecule has 0 bridgehead atoms. The first-order valence-corrected chi connectivity index (χ1v) is 11.5. The molecule has 1 heterocycles. The highest BCUT2D eigenvalue weighted by molar-refractivity contribution is 7.72. The standard InChI is InChI=1S/C24H23N2O4P/c27-26-24(15-21-16-25-23-14-8-7-13-22(21)23)31(28,29-17-19-9-3-1-4-10-19)30-18-20-11-5-2-6-12-20/h1-14,16,25,27H,15,17-18H2/b26-24+. The highest BCUT2D eigenvalue weighted by atomic mass is 31.2. The van der Waals surface area contributed by atoms with E-state index < -0.39 is 7.60 Å². The average Bonchev–Trinajstić information content (AvgIpc) is 3.24. The number of rotatable bonds is 9. The van der Waals surface area contributed by atoms with Crippen LogP contribution in [-0.4, -0.2) is 15.6 Å². The fraction of sp³-hybridized carbons (Fsp3) is 0.125. The van der Waals surface area contributed by atoms with Crippen LogP contribution in [0.2, 0.25) is 0 Å². The zero-order chi connectivity index (χ0) is 21.5. The lowest BCUT2D eigenvalue weighted by molar-refractivity contribution is 0.200. The van der Waals surface area contributed by atoms with Crippen molar-refractivity contribution in [1.82, 2.24) is 4.98 Å². The molecule has 0 fully saturated rings. The summed E-state index contributed by atoms with van der Waals surface area (Å²) >= 11 is 0. The van der Waals surface area contributed by atoms with Crippen LogP contribution in [0.4, 0.5) is 0 Å². The molecule has 0 atom stereocenters. The van der Waals surface area contributed by atoms with Crippen molar-refractivity contribution in [2.75, 3.05) is 0 Å². The van der Waals surface area contributed by atoms with Gasteiger partial charge in [-0.25, -0.2) is 0 Å². The molecule has 0 spiro atoms. The third-order valence-corrected chi connectivity index (χ3v) is 6.76. The Labute approximate surface area is 180 Å². The molecule has 4 rings (SSSR count). The maximum absolute atomic E-state index is 13.8. The van der Waals surface area contributed by atoms with Crippen molar-refractivity contribution in [3.05, 3.63) is 108 Å². The van der Waals surface area contributed by atoms with Gasteiger partial charge in [-0.05, 0) is 22.8 Å². The van der Waals surface area contributed by atoms with Crippen LogP contribution in [0.15, 0.2) is 96.3 Å². The van der Waals surface area contributed by atoms with Crippen LogP contribution >= 0.6 is 7.60 Å². The molecule has 1 aromatic heterocycles. The molecule has 31 heavy (non-hydrogen) atoms. The van der Waals surface area contributed by atoms with Crippen molar-refractivity contribution in [2.45, 2.75) is 19.6 Å². The van der Waals surface area contributed by atoms with Gasteiger partial charge in [-0.1, -0.05) is 84.0 Å². The summed E-state index contributed by atoms with van der Waals surface area (Å²) in [6.07, 6.45) is 1.94. The molecule has 4 aromatic rings. The number of hydrogen-bond acceptors (Lipinski definition) is 5. The monoisotopic (exact) mass is 434 g/mol. The lowest BCUT2D eigenvalue weighted by atomic mass is 10.1. The van der Waals surface area contributed by atoms with Crippen LogP contribution in [-0.2, 0) is 33.2 Å². The summed E-state index contributed by atoms with van der Waals surface area (Å²) < 4.78 is 25.4. The van der Waals surface area contributed by atoms with E-state index in [4.69, 9.17) is 9.05 Å². The number of nitrogens with one attached hydrogen (secondary N) is 1. The minimum absolute atomic E-state index is 0.0379. The quantitative estimate of drug-likeness (QED) is 0.144. The molecule has 0 saturated heterocycles. The SMILES string of the molecule is O=P(OCc1ccccc1)(OCc1ccccc1)/C(Cc1c[nH]c2ccccc12)=N/O. The molecule has 0 aliphatic carbocycles. The number of fused-ring (bicyclic) bond motifs is 1. The van der Waals surface area contributed by atoms with E-state index in [0.29, 0.717) is 0 Å². The van der Waals surface area contributed by atoms with E-state index in [-0.39, 0.29) is 25.1 Å². The van der Waals surface area contributed by atoms with E-state index in [1.807, 2.05) is 91.1 Å². The van der Waals surface area contributed by atoms with E-state index in [2.05, 4.69) is 10.1 Å². The Hall–Kier alpha value is -3.18. The van der Waals surface area contributed by atoms with Gasteiger partial charge >= 0.3 is 7.60 Å². The van der Waals surface area contributed by atoms with Crippen molar-refractivity contribution in [2.24, 2.45) is 5.16 Å². The largest absolute Gasteiger partial charge is 0.410 e. The summed E-state index contributed by atoms with van der Waals surface area (Å²) in [5.74, 6) is 0. The number of para-hydroxylation sites is 1. The van der Waals surface area contributed by atoms with Crippen LogP contribution in [0.5, 0.6) is 0 Å². The van der Waals surface area contributed by atoms with Crippen molar-refractivity contribution in [1.29, 1.82) is 0 Å². The van der Waals surface area contributed by atoms with Crippen LogP contribution < -0.4 is 0 Å². The van der Waals surface area contributed by atoms with Gasteiger partial charge < -0.3 is 10.2 Å². The van der Waals surface area contributed by atoms with Gasteiger partial charge in [0.1, 0.15) is 0 Å². The zero-order valence-corrected chi connectivity index (χ0v) is 17.7. The first-order valence-electron chi connectivity index (χ1n) is 9.91. The van der Waals surface area contributed by atoms with E-state index in [1.165, 1.54) is 0 Å². The molecule has 2 N–H and O–H groups in total. The van der Waals surface area contributed by atoms with Crippen molar-refractivity contribution in [3.8, 4) is 0 Å². The first kappa shape index (κ1) is 21.1. The number of nitrogens with zero attached hydrogens (tertiary/aromatic N) is 1. The third-order valence-electron chi connectivity index (χ3n) is 4.94. The highest BCUT2D eigenvalue weighted by Crippen LogP contribution is 2.52. The van der Waals surface area contributed by atoms with Crippen LogP contribution in [0.25, 0.3) is 10.9 Å². The van der Waals surface area contributed by atoms with Gasteiger partial charge in [-0.2, -0.15) is 0 Å². The minimum Gasteiger partial charge on any atom is -0.410 e. The second-order valence-electron chi connectivity index (χ2n) is 7.07. The fourth-order valence-electron chi connectivity index (χ4n) is 3.29.